The summed E-state index contributed by atoms with van der Waals surface area (Å²) in [7, 11) is 0. The number of hydrogen-bond donors (Lipinski definition) is 0. The first kappa shape index (κ1) is 20.6. The maximum Gasteiger partial charge on any atom is 0.185 e. The third-order valence-electron chi connectivity index (χ3n) is 5.97. The molecular weight excluding hydrogens is 400 g/mol. The van der Waals surface area contributed by atoms with Crippen molar-refractivity contribution in [1.82, 2.24) is 29.8 Å². The van der Waals surface area contributed by atoms with Crippen molar-refractivity contribution in [3.8, 4) is 22.9 Å². The molecular formula is C25H28N6O. The van der Waals surface area contributed by atoms with Crippen LogP contribution in [0.2, 0.25) is 0 Å². The molecule has 5 rings (SSSR count). The molecule has 1 fully saturated rings. The predicted octanol–water partition coefficient (Wildman–Crippen LogP) is 4.72. The average molecular weight is 429 g/mol. The van der Waals surface area contributed by atoms with Gasteiger partial charge in [-0.15, -0.1) is 5.10 Å². The van der Waals surface area contributed by atoms with Crippen LogP contribution >= 0.6 is 0 Å². The molecule has 2 heterocycles. The second-order valence-electron chi connectivity index (χ2n) is 8.31. The Kier molecular flexibility index (Phi) is 6.07. The van der Waals surface area contributed by atoms with E-state index in [0.29, 0.717) is 30.7 Å². The van der Waals surface area contributed by atoms with Crippen LogP contribution in [0, 0.1) is 6.92 Å². The van der Waals surface area contributed by atoms with Gasteiger partial charge in [0.25, 0.3) is 0 Å². The summed E-state index contributed by atoms with van der Waals surface area (Å²) in [4.78, 5) is 4.84. The third kappa shape index (κ3) is 4.48. The SMILES string of the molecule is Cc1ccccc1-n1nc(CCOC2CCCCC2)nc1-c1cn(-c2ccccc2)nn1. The summed E-state index contributed by atoms with van der Waals surface area (Å²) in [6.45, 7) is 2.71. The number of ether oxygens (including phenoxy) is 1. The van der Waals surface area contributed by atoms with E-state index in [-0.39, 0.29) is 0 Å². The van der Waals surface area contributed by atoms with Crippen molar-refractivity contribution in [3.63, 3.8) is 0 Å². The van der Waals surface area contributed by atoms with Crippen molar-refractivity contribution < 1.29 is 4.74 Å². The molecule has 7 heteroatoms. The molecule has 0 saturated heterocycles. The van der Waals surface area contributed by atoms with Crippen LogP contribution in [0.1, 0.15) is 43.5 Å². The van der Waals surface area contributed by atoms with Crippen LogP contribution in [0.4, 0.5) is 0 Å². The van der Waals surface area contributed by atoms with Crippen LogP contribution < -0.4 is 0 Å². The fourth-order valence-electron chi connectivity index (χ4n) is 4.22. The Balaban J connectivity index is 1.43. The highest BCUT2D eigenvalue weighted by atomic mass is 16.5. The van der Waals surface area contributed by atoms with Gasteiger partial charge in [0, 0.05) is 6.42 Å². The maximum absolute atomic E-state index is 6.11. The summed E-state index contributed by atoms with van der Waals surface area (Å²) in [5.74, 6) is 1.45. The van der Waals surface area contributed by atoms with E-state index in [1.165, 1.54) is 32.1 Å². The van der Waals surface area contributed by atoms with E-state index in [1.807, 2.05) is 53.3 Å². The molecule has 0 aliphatic heterocycles. The standard InChI is InChI=1S/C25H28N6O/c1-19-10-8-9-15-23(19)31-25(22-18-30(29-27-22)20-11-4-2-5-12-20)26-24(28-31)16-17-32-21-13-6-3-7-14-21/h2,4-5,8-12,15,18,21H,3,6-7,13-14,16-17H2,1H3. The second-order valence-corrected chi connectivity index (χ2v) is 8.31. The Hall–Kier alpha value is -3.32. The summed E-state index contributed by atoms with van der Waals surface area (Å²) >= 11 is 0. The smallest absolute Gasteiger partial charge is 0.185 e. The van der Waals surface area contributed by atoms with Gasteiger partial charge < -0.3 is 4.74 Å². The van der Waals surface area contributed by atoms with Gasteiger partial charge in [0.1, 0.15) is 0 Å². The Morgan fingerprint density at radius 1 is 0.969 bits per heavy atom. The lowest BCUT2D eigenvalue weighted by molar-refractivity contribution is 0.0297. The van der Waals surface area contributed by atoms with Gasteiger partial charge in [-0.05, 0) is 43.5 Å². The molecule has 1 saturated carbocycles. The highest BCUT2D eigenvalue weighted by Crippen LogP contribution is 2.23. The number of para-hydroxylation sites is 2. The first-order chi connectivity index (χ1) is 15.8. The maximum atomic E-state index is 6.11. The van der Waals surface area contributed by atoms with E-state index in [2.05, 4.69) is 29.4 Å². The van der Waals surface area contributed by atoms with E-state index in [4.69, 9.17) is 14.8 Å². The van der Waals surface area contributed by atoms with E-state index in [9.17, 15) is 0 Å². The fourth-order valence-corrected chi connectivity index (χ4v) is 4.22. The lowest BCUT2D eigenvalue weighted by Crippen LogP contribution is -2.18. The van der Waals surface area contributed by atoms with Crippen LogP contribution in [-0.4, -0.2) is 42.5 Å². The van der Waals surface area contributed by atoms with Crippen LogP contribution in [0.15, 0.2) is 60.8 Å². The molecule has 0 unspecified atom stereocenters. The molecule has 0 amide bonds. The minimum Gasteiger partial charge on any atom is -0.378 e. The van der Waals surface area contributed by atoms with Crippen LogP contribution in [0.3, 0.4) is 0 Å². The Bertz CT molecular complexity index is 1160. The zero-order valence-corrected chi connectivity index (χ0v) is 18.4. The fraction of sp³-hybridized carbons (Fsp3) is 0.360. The number of aromatic nitrogens is 6. The Morgan fingerprint density at radius 2 is 1.75 bits per heavy atom. The summed E-state index contributed by atoms with van der Waals surface area (Å²) < 4.78 is 9.75. The Labute approximate surface area is 188 Å². The average Bonchev–Trinajstić information content (AvgIpc) is 3.48. The molecule has 0 N–H and O–H groups in total. The van der Waals surface area contributed by atoms with Gasteiger partial charge in [0.2, 0.25) is 0 Å². The molecule has 2 aromatic carbocycles. The summed E-state index contributed by atoms with van der Waals surface area (Å²) in [6.07, 6.45) is 9.16. The minimum absolute atomic E-state index is 0.382. The van der Waals surface area contributed by atoms with Gasteiger partial charge in [0.05, 0.1) is 30.3 Å². The molecule has 0 spiro atoms. The lowest BCUT2D eigenvalue weighted by atomic mass is 9.98. The summed E-state index contributed by atoms with van der Waals surface area (Å²) in [5.41, 5.74) is 3.75. The van der Waals surface area contributed by atoms with Crippen molar-refractivity contribution in [2.45, 2.75) is 51.6 Å². The molecule has 0 radical (unpaired) electrons. The van der Waals surface area contributed by atoms with E-state index in [0.717, 1.165) is 22.8 Å². The van der Waals surface area contributed by atoms with Gasteiger partial charge in [0.15, 0.2) is 17.3 Å². The number of benzene rings is 2. The van der Waals surface area contributed by atoms with Crippen LogP contribution in [0.25, 0.3) is 22.9 Å². The van der Waals surface area contributed by atoms with E-state index >= 15 is 0 Å². The predicted molar refractivity (Wildman–Crippen MR) is 123 cm³/mol. The topological polar surface area (TPSA) is 70.7 Å². The van der Waals surface area contributed by atoms with Gasteiger partial charge in [-0.3, -0.25) is 0 Å². The molecule has 0 bridgehead atoms. The highest BCUT2D eigenvalue weighted by molar-refractivity contribution is 5.54. The van der Waals surface area contributed by atoms with Crippen molar-refractivity contribution in [3.05, 3.63) is 72.2 Å². The number of aryl methyl sites for hydroxylation is 1. The largest absolute Gasteiger partial charge is 0.378 e. The van der Waals surface area contributed by atoms with Gasteiger partial charge in [-0.25, -0.2) is 14.3 Å². The zero-order valence-electron chi connectivity index (χ0n) is 18.4. The van der Waals surface area contributed by atoms with Crippen molar-refractivity contribution >= 4 is 0 Å². The van der Waals surface area contributed by atoms with Gasteiger partial charge in [-0.1, -0.05) is 60.9 Å². The zero-order chi connectivity index (χ0) is 21.8. The molecule has 32 heavy (non-hydrogen) atoms. The van der Waals surface area contributed by atoms with E-state index < -0.39 is 0 Å². The highest BCUT2D eigenvalue weighted by Gasteiger charge is 2.19. The van der Waals surface area contributed by atoms with Crippen LogP contribution in [0.5, 0.6) is 0 Å². The molecule has 4 aromatic rings. The van der Waals surface area contributed by atoms with Crippen molar-refractivity contribution in [2.24, 2.45) is 0 Å². The van der Waals surface area contributed by atoms with Gasteiger partial charge in [-0.2, -0.15) is 5.10 Å². The molecule has 0 atom stereocenters. The van der Waals surface area contributed by atoms with Crippen molar-refractivity contribution in [1.29, 1.82) is 0 Å². The number of hydrogen-bond acceptors (Lipinski definition) is 5. The monoisotopic (exact) mass is 428 g/mol. The van der Waals surface area contributed by atoms with Crippen molar-refractivity contribution in [2.75, 3.05) is 6.61 Å². The quantitative estimate of drug-likeness (QED) is 0.426. The molecule has 1 aliphatic carbocycles. The minimum atomic E-state index is 0.382. The number of rotatable bonds is 7. The summed E-state index contributed by atoms with van der Waals surface area (Å²) in [5, 5.41) is 13.5. The molecule has 164 valence electrons. The second kappa shape index (κ2) is 9.44. The third-order valence-corrected chi connectivity index (χ3v) is 5.97. The first-order valence-electron chi connectivity index (χ1n) is 11.4. The number of nitrogens with zero attached hydrogens (tertiary/aromatic N) is 6. The molecule has 7 nitrogen and oxygen atoms in total. The van der Waals surface area contributed by atoms with Gasteiger partial charge >= 0.3 is 0 Å². The molecule has 2 aromatic heterocycles. The Morgan fingerprint density at radius 3 is 2.56 bits per heavy atom. The summed E-state index contributed by atoms with van der Waals surface area (Å²) in [6, 6.07) is 18.1. The normalized spacial score (nSPS) is 14.7. The lowest BCUT2D eigenvalue weighted by Gasteiger charge is -2.21. The van der Waals surface area contributed by atoms with Crippen LogP contribution in [-0.2, 0) is 11.2 Å². The van der Waals surface area contributed by atoms with E-state index in [1.54, 1.807) is 4.68 Å². The first-order valence-corrected chi connectivity index (χ1v) is 11.4. The molecule has 1 aliphatic rings.